The van der Waals surface area contributed by atoms with Crippen molar-refractivity contribution in [3.05, 3.63) is 76.0 Å². The summed E-state index contributed by atoms with van der Waals surface area (Å²) in [5.41, 5.74) is 6.20. The molecule has 3 atom stereocenters. The van der Waals surface area contributed by atoms with Crippen molar-refractivity contribution < 1.29 is 14.3 Å². The molecule has 0 spiro atoms. The Morgan fingerprint density at radius 1 is 0.840 bits per heavy atom. The van der Waals surface area contributed by atoms with Crippen LogP contribution < -0.4 is 30.9 Å². The first-order chi connectivity index (χ1) is 24.3. The molecule has 3 aliphatic heterocycles. The molecular formula is C37H40Cl2N8O3. The van der Waals surface area contributed by atoms with Gasteiger partial charge in [-0.15, -0.1) is 0 Å². The molecule has 5 heterocycles. The number of pyridine rings is 1. The van der Waals surface area contributed by atoms with Crippen LogP contribution in [0, 0.1) is 0 Å². The van der Waals surface area contributed by atoms with Crippen LogP contribution in [0.1, 0.15) is 49.4 Å². The summed E-state index contributed by atoms with van der Waals surface area (Å²) in [4.78, 5) is 39.9. The highest BCUT2D eigenvalue weighted by Crippen LogP contribution is 2.43. The number of amides is 2. The first-order valence-corrected chi connectivity index (χ1v) is 17.8. The summed E-state index contributed by atoms with van der Waals surface area (Å²) in [7, 11) is 3.63. The summed E-state index contributed by atoms with van der Waals surface area (Å²) in [6.45, 7) is 2.68. The molecule has 2 fully saturated rings. The number of rotatable bonds is 11. The number of nitrogens with one attached hydrogen (secondary N) is 4. The number of methoxy groups -OCH3 is 1. The van der Waals surface area contributed by atoms with Crippen molar-refractivity contribution in [3.8, 4) is 39.5 Å². The lowest BCUT2D eigenvalue weighted by Crippen LogP contribution is -2.40. The van der Waals surface area contributed by atoms with Crippen molar-refractivity contribution >= 4 is 40.8 Å². The molecule has 2 saturated heterocycles. The number of carbonyl (C=O) groups is 2. The van der Waals surface area contributed by atoms with E-state index in [2.05, 4.69) is 44.3 Å². The minimum Gasteiger partial charge on any atom is -0.480 e. The number of nitrogens with zero attached hydrogens (tertiary/aromatic N) is 4. The Labute approximate surface area is 301 Å². The maximum atomic E-state index is 11.7. The van der Waals surface area contributed by atoms with E-state index in [1.807, 2.05) is 42.5 Å². The van der Waals surface area contributed by atoms with E-state index in [0.717, 1.165) is 66.1 Å². The zero-order valence-corrected chi connectivity index (χ0v) is 29.6. The van der Waals surface area contributed by atoms with Gasteiger partial charge in [-0.1, -0.05) is 65.7 Å². The SMILES string of the molecule is COc1nc(-c2cccc(-c3cccc(-c4ccc5c(n4)N(C)CC[C@@H]5NC[C@@H]4CCC(=O)N4)c3Cl)c2Cl)cnc1CNC[C@H]1CCC(=O)N1. The Hall–Kier alpha value is -4.29. The number of hydrogen-bond donors (Lipinski definition) is 4. The Bertz CT molecular complexity index is 1920. The molecule has 0 bridgehead atoms. The standard InChI is InChI=1S/C37H40Cl2N8O3/c1-47-16-15-28(41-18-22-10-14-33(49)44-22)27-11-12-29(45-36(27)47)25-7-3-5-23(34(25)38)24-6-4-8-26(35(24)39)30-20-42-31(37(46-30)50-2)19-40-17-21-9-13-32(48)43-21/h3-8,11-12,20-22,28,40-41H,9-10,13-19H2,1-2H3,(H,43,48)(H,44,49)/t21-,22+,28+/m1/s1. The topological polar surface area (TPSA) is 133 Å². The van der Waals surface area contributed by atoms with Crippen molar-refractivity contribution in [2.45, 2.75) is 56.8 Å². The number of benzene rings is 2. The van der Waals surface area contributed by atoms with Gasteiger partial charge in [-0.3, -0.25) is 14.6 Å². The van der Waals surface area contributed by atoms with Crippen LogP contribution in [0.2, 0.25) is 10.0 Å². The van der Waals surface area contributed by atoms with Crippen LogP contribution in [0.15, 0.2) is 54.7 Å². The third-order valence-corrected chi connectivity index (χ3v) is 10.5. The van der Waals surface area contributed by atoms with Gasteiger partial charge in [-0.2, -0.15) is 0 Å². The van der Waals surface area contributed by atoms with Crippen molar-refractivity contribution in [1.29, 1.82) is 0 Å². The van der Waals surface area contributed by atoms with E-state index < -0.39 is 0 Å². The molecule has 2 aromatic heterocycles. The highest BCUT2D eigenvalue weighted by Gasteiger charge is 2.28. The number of fused-ring (bicyclic) bond motifs is 1. The van der Waals surface area contributed by atoms with Crippen molar-refractivity contribution in [1.82, 2.24) is 36.2 Å². The number of carbonyl (C=O) groups excluding carboxylic acids is 2. The number of aromatic nitrogens is 3. The molecule has 2 amide bonds. The van der Waals surface area contributed by atoms with Gasteiger partial charge in [-0.25, -0.2) is 9.97 Å². The summed E-state index contributed by atoms with van der Waals surface area (Å²) in [6, 6.07) is 16.3. The molecule has 11 nitrogen and oxygen atoms in total. The minimum absolute atomic E-state index is 0.0875. The van der Waals surface area contributed by atoms with E-state index in [-0.39, 0.29) is 29.9 Å². The molecule has 4 aromatic rings. The maximum absolute atomic E-state index is 11.7. The lowest BCUT2D eigenvalue weighted by Gasteiger charge is -2.33. The van der Waals surface area contributed by atoms with Gasteiger partial charge < -0.3 is 30.9 Å². The van der Waals surface area contributed by atoms with Gasteiger partial charge in [0.05, 0.1) is 34.7 Å². The van der Waals surface area contributed by atoms with Crippen LogP contribution in [-0.2, 0) is 16.1 Å². The Morgan fingerprint density at radius 3 is 2.12 bits per heavy atom. The minimum atomic E-state index is 0.0875. The second-order valence-electron chi connectivity index (χ2n) is 13.1. The maximum Gasteiger partial charge on any atom is 0.237 e. The first-order valence-electron chi connectivity index (χ1n) is 17.0. The molecule has 50 heavy (non-hydrogen) atoms. The summed E-state index contributed by atoms with van der Waals surface area (Å²) in [5, 5.41) is 14.1. The fourth-order valence-electron chi connectivity index (χ4n) is 6.98. The predicted molar refractivity (Wildman–Crippen MR) is 195 cm³/mol. The van der Waals surface area contributed by atoms with Crippen molar-refractivity contribution in [2.24, 2.45) is 0 Å². The highest BCUT2D eigenvalue weighted by atomic mass is 35.5. The smallest absolute Gasteiger partial charge is 0.237 e. The van der Waals surface area contributed by atoms with E-state index in [0.29, 0.717) is 58.8 Å². The first kappa shape index (κ1) is 34.2. The number of hydrogen-bond acceptors (Lipinski definition) is 9. The molecule has 0 aliphatic carbocycles. The molecule has 2 aromatic carbocycles. The molecule has 0 saturated carbocycles. The van der Waals surface area contributed by atoms with Gasteiger partial charge in [-0.05, 0) is 25.3 Å². The largest absolute Gasteiger partial charge is 0.480 e. The summed E-state index contributed by atoms with van der Waals surface area (Å²) in [6.07, 6.45) is 5.48. The quantitative estimate of drug-likeness (QED) is 0.163. The molecule has 0 unspecified atom stereocenters. The molecule has 13 heteroatoms. The second kappa shape index (κ2) is 14.9. The van der Waals surface area contributed by atoms with Gasteiger partial charge in [0.25, 0.3) is 0 Å². The summed E-state index contributed by atoms with van der Waals surface area (Å²) in [5.74, 6) is 1.53. The lowest BCUT2D eigenvalue weighted by molar-refractivity contribution is -0.120. The van der Waals surface area contributed by atoms with E-state index >= 15 is 0 Å². The molecule has 0 radical (unpaired) electrons. The van der Waals surface area contributed by atoms with Gasteiger partial charge in [0, 0.05) is 92.0 Å². The van der Waals surface area contributed by atoms with E-state index in [9.17, 15) is 9.59 Å². The predicted octanol–water partition coefficient (Wildman–Crippen LogP) is 5.31. The van der Waals surface area contributed by atoms with Gasteiger partial charge in [0.2, 0.25) is 17.7 Å². The fraction of sp³-hybridized carbons (Fsp3) is 0.378. The molecule has 260 valence electrons. The average molecular weight is 716 g/mol. The van der Waals surface area contributed by atoms with E-state index in [1.54, 1.807) is 13.3 Å². The van der Waals surface area contributed by atoms with Crippen LogP contribution in [0.25, 0.3) is 33.6 Å². The lowest BCUT2D eigenvalue weighted by atomic mass is 9.96. The molecular weight excluding hydrogens is 675 g/mol. The fourth-order valence-corrected chi connectivity index (χ4v) is 7.63. The van der Waals surface area contributed by atoms with E-state index in [1.165, 1.54) is 0 Å². The third kappa shape index (κ3) is 7.14. The van der Waals surface area contributed by atoms with Crippen LogP contribution in [0.5, 0.6) is 5.88 Å². The van der Waals surface area contributed by atoms with Crippen LogP contribution in [-0.4, -0.2) is 72.6 Å². The Kier molecular flexibility index (Phi) is 10.2. The summed E-state index contributed by atoms with van der Waals surface area (Å²) < 4.78 is 5.60. The van der Waals surface area contributed by atoms with Crippen LogP contribution in [0.3, 0.4) is 0 Å². The summed E-state index contributed by atoms with van der Waals surface area (Å²) >= 11 is 14.3. The van der Waals surface area contributed by atoms with Crippen molar-refractivity contribution in [3.63, 3.8) is 0 Å². The zero-order chi connectivity index (χ0) is 34.8. The van der Waals surface area contributed by atoms with Crippen molar-refractivity contribution in [2.75, 3.05) is 38.7 Å². The van der Waals surface area contributed by atoms with Gasteiger partial charge >= 0.3 is 0 Å². The zero-order valence-electron chi connectivity index (χ0n) is 28.1. The van der Waals surface area contributed by atoms with Gasteiger partial charge in [0.15, 0.2) is 0 Å². The number of halogens is 2. The molecule has 4 N–H and O–H groups in total. The monoisotopic (exact) mass is 714 g/mol. The van der Waals surface area contributed by atoms with Gasteiger partial charge in [0.1, 0.15) is 11.5 Å². The third-order valence-electron chi connectivity index (χ3n) is 9.70. The Balaban J connectivity index is 1.12. The molecule has 7 rings (SSSR count). The number of anilines is 1. The average Bonchev–Trinajstić information content (AvgIpc) is 3.75. The Morgan fingerprint density at radius 2 is 1.48 bits per heavy atom. The highest BCUT2D eigenvalue weighted by molar-refractivity contribution is 6.39. The number of ether oxygens (including phenoxy) is 1. The van der Waals surface area contributed by atoms with Crippen LogP contribution >= 0.6 is 23.2 Å². The van der Waals surface area contributed by atoms with Crippen LogP contribution in [0.4, 0.5) is 5.82 Å². The van der Waals surface area contributed by atoms with E-state index in [4.69, 9.17) is 37.9 Å². The molecule has 3 aliphatic rings. The second-order valence-corrected chi connectivity index (χ2v) is 13.8. The normalized spacial score (nSPS) is 20.1.